The van der Waals surface area contributed by atoms with E-state index in [-0.39, 0.29) is 4.90 Å². The van der Waals surface area contributed by atoms with Gasteiger partial charge in [-0.2, -0.15) is 18.6 Å². The third-order valence-corrected chi connectivity index (χ3v) is 4.68. The molecule has 1 aromatic heterocycles. The molecule has 0 atom stereocenters. The molecule has 24 heavy (non-hydrogen) atoms. The Labute approximate surface area is 140 Å². The van der Waals surface area contributed by atoms with Crippen molar-refractivity contribution in [3.63, 3.8) is 0 Å². The topological polar surface area (TPSA) is 87.2 Å². The first-order valence-corrected chi connectivity index (χ1v) is 8.75. The molecule has 3 rings (SSSR count). The number of hydrogen-bond acceptors (Lipinski definition) is 4. The van der Waals surface area contributed by atoms with Crippen LogP contribution in [0.3, 0.4) is 0 Å². The van der Waals surface area contributed by atoms with Crippen molar-refractivity contribution < 1.29 is 8.42 Å². The van der Waals surface area contributed by atoms with Crippen molar-refractivity contribution in [3.8, 4) is 11.3 Å². The van der Waals surface area contributed by atoms with E-state index in [0.29, 0.717) is 5.56 Å². The van der Waals surface area contributed by atoms with E-state index in [1.807, 2.05) is 31.2 Å². The fourth-order valence-electron chi connectivity index (χ4n) is 2.16. The normalized spacial score (nSPS) is 11.7. The molecule has 0 saturated carbocycles. The second-order valence-corrected chi connectivity index (χ2v) is 6.89. The van der Waals surface area contributed by atoms with Crippen molar-refractivity contribution in [1.29, 1.82) is 0 Å². The van der Waals surface area contributed by atoms with Gasteiger partial charge in [0, 0.05) is 11.1 Å². The molecule has 1 heterocycles. The number of aryl methyl sites for hydroxylation is 1. The van der Waals surface area contributed by atoms with Crippen LogP contribution in [0.1, 0.15) is 11.1 Å². The van der Waals surface area contributed by atoms with Gasteiger partial charge in [0.25, 0.3) is 10.0 Å². The van der Waals surface area contributed by atoms with Crippen LogP contribution in [0.25, 0.3) is 11.3 Å². The summed E-state index contributed by atoms with van der Waals surface area (Å²) in [4.78, 5) is 2.36. The summed E-state index contributed by atoms with van der Waals surface area (Å²) in [6, 6.07) is 16.0. The van der Waals surface area contributed by atoms with E-state index in [1.54, 1.807) is 24.4 Å². The number of hydrazone groups is 1. The van der Waals surface area contributed by atoms with Gasteiger partial charge in [-0.15, -0.1) is 0 Å². The van der Waals surface area contributed by atoms with E-state index in [4.69, 9.17) is 0 Å². The molecule has 0 unspecified atom stereocenters. The average Bonchev–Trinajstić information content (AvgIpc) is 3.05. The average molecular weight is 340 g/mol. The van der Waals surface area contributed by atoms with E-state index in [9.17, 15) is 8.42 Å². The first-order valence-electron chi connectivity index (χ1n) is 7.26. The number of rotatable bonds is 5. The molecule has 0 bridgehead atoms. The number of hydrogen-bond donors (Lipinski definition) is 2. The number of nitrogens with zero attached hydrogens (tertiary/aromatic N) is 2. The minimum absolute atomic E-state index is 0.160. The molecule has 6 nitrogen and oxygen atoms in total. The Balaban J connectivity index is 1.79. The summed E-state index contributed by atoms with van der Waals surface area (Å²) in [6.45, 7) is 2.01. The quantitative estimate of drug-likeness (QED) is 0.553. The summed E-state index contributed by atoms with van der Waals surface area (Å²) in [5, 5.41) is 10.7. The number of benzene rings is 2. The van der Waals surface area contributed by atoms with Gasteiger partial charge in [-0.3, -0.25) is 5.10 Å². The van der Waals surface area contributed by atoms with E-state index >= 15 is 0 Å². The van der Waals surface area contributed by atoms with Crippen molar-refractivity contribution in [3.05, 3.63) is 71.9 Å². The van der Waals surface area contributed by atoms with Gasteiger partial charge < -0.3 is 0 Å². The van der Waals surface area contributed by atoms with Crippen LogP contribution in [-0.2, 0) is 10.0 Å². The Bertz CT molecular complexity index is 946. The molecule has 0 spiro atoms. The van der Waals surface area contributed by atoms with Crippen LogP contribution in [0, 0.1) is 6.92 Å². The minimum atomic E-state index is -3.68. The molecule has 2 aromatic carbocycles. The molecule has 0 fully saturated rings. The van der Waals surface area contributed by atoms with Crippen LogP contribution >= 0.6 is 0 Å². The summed E-state index contributed by atoms with van der Waals surface area (Å²) >= 11 is 0. The van der Waals surface area contributed by atoms with Gasteiger partial charge in [-0.05, 0) is 19.1 Å². The van der Waals surface area contributed by atoms with Crippen molar-refractivity contribution >= 4 is 16.2 Å². The van der Waals surface area contributed by atoms with Gasteiger partial charge in [-0.25, -0.2) is 4.83 Å². The van der Waals surface area contributed by atoms with Crippen LogP contribution in [0.4, 0.5) is 0 Å². The maximum atomic E-state index is 12.1. The summed E-state index contributed by atoms with van der Waals surface area (Å²) in [6.07, 6.45) is 3.02. The second kappa shape index (κ2) is 6.67. The van der Waals surface area contributed by atoms with E-state index in [2.05, 4.69) is 20.1 Å². The fraction of sp³-hybridized carbons (Fsp3) is 0.0588. The molecule has 122 valence electrons. The summed E-state index contributed by atoms with van der Waals surface area (Å²) in [7, 11) is -3.68. The maximum Gasteiger partial charge on any atom is 0.276 e. The number of aromatic amines is 1. The zero-order chi connectivity index (χ0) is 17.0. The first kappa shape index (κ1) is 15.9. The van der Waals surface area contributed by atoms with Crippen LogP contribution in [0.5, 0.6) is 0 Å². The maximum absolute atomic E-state index is 12.1. The summed E-state index contributed by atoms with van der Waals surface area (Å²) < 4.78 is 24.2. The monoisotopic (exact) mass is 340 g/mol. The fourth-order valence-corrected chi connectivity index (χ4v) is 2.97. The molecule has 2 N–H and O–H groups in total. The highest BCUT2D eigenvalue weighted by Crippen LogP contribution is 2.20. The lowest BCUT2D eigenvalue weighted by molar-refractivity contribution is 0.584. The summed E-state index contributed by atoms with van der Waals surface area (Å²) in [5.74, 6) is 0. The molecule has 0 amide bonds. The third kappa shape index (κ3) is 3.52. The lowest BCUT2D eigenvalue weighted by atomic mass is 10.1. The zero-order valence-electron chi connectivity index (χ0n) is 13.0. The van der Waals surface area contributed by atoms with Crippen molar-refractivity contribution in [1.82, 2.24) is 15.0 Å². The van der Waals surface area contributed by atoms with Gasteiger partial charge in [0.15, 0.2) is 0 Å². The van der Waals surface area contributed by atoms with Crippen molar-refractivity contribution in [2.45, 2.75) is 11.8 Å². The predicted molar refractivity (Wildman–Crippen MR) is 93.1 cm³/mol. The zero-order valence-corrected chi connectivity index (χ0v) is 13.8. The molecule has 0 aliphatic heterocycles. The third-order valence-electron chi connectivity index (χ3n) is 3.44. The van der Waals surface area contributed by atoms with Gasteiger partial charge in [0.05, 0.1) is 23.0 Å². The Kier molecular flexibility index (Phi) is 4.43. The number of aromatic nitrogens is 2. The molecule has 3 aromatic rings. The highest BCUT2D eigenvalue weighted by Gasteiger charge is 2.11. The summed E-state index contributed by atoms with van der Waals surface area (Å²) in [5.41, 5.74) is 3.57. The molecule has 0 saturated heterocycles. The Morgan fingerprint density at radius 2 is 1.79 bits per heavy atom. The smallest absolute Gasteiger partial charge is 0.276 e. The van der Waals surface area contributed by atoms with E-state index < -0.39 is 10.0 Å². The van der Waals surface area contributed by atoms with Gasteiger partial charge in [-0.1, -0.05) is 48.0 Å². The van der Waals surface area contributed by atoms with Gasteiger partial charge >= 0.3 is 0 Å². The van der Waals surface area contributed by atoms with Gasteiger partial charge in [0.2, 0.25) is 0 Å². The number of H-pyrrole nitrogens is 1. The molecule has 0 aliphatic rings. The highest BCUT2D eigenvalue weighted by molar-refractivity contribution is 7.89. The molecule has 7 heteroatoms. The first-order chi connectivity index (χ1) is 11.6. The number of sulfonamides is 1. The second-order valence-electron chi connectivity index (χ2n) is 5.23. The largest absolute Gasteiger partial charge is 0.277 e. The molecule has 0 aliphatic carbocycles. The van der Waals surface area contributed by atoms with Crippen LogP contribution in [-0.4, -0.2) is 24.8 Å². The Morgan fingerprint density at radius 1 is 1.08 bits per heavy atom. The lowest BCUT2D eigenvalue weighted by Gasteiger charge is -2.03. The molecular formula is C17H16N4O2S. The van der Waals surface area contributed by atoms with Crippen LogP contribution < -0.4 is 4.83 Å². The van der Waals surface area contributed by atoms with Crippen molar-refractivity contribution in [2.24, 2.45) is 5.10 Å². The highest BCUT2D eigenvalue weighted by atomic mass is 32.2. The predicted octanol–water partition coefficient (Wildman–Crippen LogP) is 2.70. The van der Waals surface area contributed by atoms with Crippen molar-refractivity contribution in [2.75, 3.05) is 0 Å². The van der Waals surface area contributed by atoms with Crippen LogP contribution in [0.15, 0.2) is 70.8 Å². The SMILES string of the molecule is Cc1ccc(-c2[nH]ncc2/C=N/NS(=O)(=O)c2ccccc2)cc1. The van der Waals surface area contributed by atoms with E-state index in [1.165, 1.54) is 18.3 Å². The number of nitrogens with one attached hydrogen (secondary N) is 2. The van der Waals surface area contributed by atoms with Crippen LogP contribution in [0.2, 0.25) is 0 Å². The minimum Gasteiger partial charge on any atom is -0.277 e. The molecular weight excluding hydrogens is 324 g/mol. The lowest BCUT2D eigenvalue weighted by Crippen LogP contribution is -2.18. The Morgan fingerprint density at radius 3 is 2.50 bits per heavy atom. The Hall–Kier alpha value is -2.93. The molecule has 0 radical (unpaired) electrons. The van der Waals surface area contributed by atoms with Gasteiger partial charge in [0.1, 0.15) is 0 Å². The van der Waals surface area contributed by atoms with E-state index in [0.717, 1.165) is 16.8 Å². The standard InChI is InChI=1S/C17H16N4O2S/c1-13-7-9-14(10-8-13)17-15(11-18-20-17)12-19-21-24(22,23)16-5-3-2-4-6-16/h2-12,21H,1H3,(H,18,20)/b19-12+.